The van der Waals surface area contributed by atoms with Gasteiger partial charge in [-0.2, -0.15) is 18.3 Å². The lowest BCUT2D eigenvalue weighted by atomic mass is 10.0. The van der Waals surface area contributed by atoms with E-state index in [1.54, 1.807) is 0 Å². The first-order chi connectivity index (χ1) is 13.0. The molecule has 0 bridgehead atoms. The fourth-order valence-corrected chi connectivity index (χ4v) is 3.12. The van der Waals surface area contributed by atoms with Crippen LogP contribution >= 0.6 is 11.6 Å². The fourth-order valence-electron chi connectivity index (χ4n) is 2.93. The summed E-state index contributed by atoms with van der Waals surface area (Å²) >= 11 is 5.82. The third-order valence-electron chi connectivity index (χ3n) is 4.14. The lowest BCUT2D eigenvalue weighted by molar-refractivity contribution is -0.142. The standard InChI is InChI=1S/C16H14ClF4N5O2/c17-9-5-8(1-2-10(9)18)13(26-6-12(14(22)27)23-15(26)28)11-3-4-25(24-11)7-16(19,20)21/h1-5,12-13H,6-7H2,(H2,22,27)(H,23,28)/t12?,13-/m0/s1. The average Bonchev–Trinajstić information content (AvgIpc) is 3.17. The fraction of sp³-hybridized carbons (Fsp3) is 0.312. The molecule has 150 valence electrons. The zero-order chi connectivity index (χ0) is 20.6. The molecule has 7 nitrogen and oxygen atoms in total. The minimum Gasteiger partial charge on any atom is -0.368 e. The molecule has 3 rings (SSSR count). The number of aromatic nitrogens is 2. The first-order valence-corrected chi connectivity index (χ1v) is 8.34. The van der Waals surface area contributed by atoms with Gasteiger partial charge in [-0.1, -0.05) is 17.7 Å². The Kier molecular flexibility index (Phi) is 5.20. The smallest absolute Gasteiger partial charge is 0.368 e. The summed E-state index contributed by atoms with van der Waals surface area (Å²) in [6.45, 7) is -1.46. The molecule has 3 N–H and O–H groups in total. The zero-order valence-electron chi connectivity index (χ0n) is 14.1. The molecule has 0 saturated carbocycles. The van der Waals surface area contributed by atoms with Crippen LogP contribution in [0, 0.1) is 5.82 Å². The van der Waals surface area contributed by atoms with E-state index < -0.39 is 42.6 Å². The first kappa shape index (κ1) is 19.9. The van der Waals surface area contributed by atoms with E-state index in [-0.39, 0.29) is 17.3 Å². The van der Waals surface area contributed by atoms with Gasteiger partial charge in [-0.15, -0.1) is 0 Å². The number of hydrogen-bond donors (Lipinski definition) is 2. The van der Waals surface area contributed by atoms with Gasteiger partial charge in [0.25, 0.3) is 0 Å². The minimum atomic E-state index is -4.49. The Balaban J connectivity index is 2.01. The number of hydrogen-bond acceptors (Lipinski definition) is 3. The van der Waals surface area contributed by atoms with Crippen LogP contribution in [0.5, 0.6) is 0 Å². The number of nitrogens with zero attached hydrogens (tertiary/aromatic N) is 3. The van der Waals surface area contributed by atoms with E-state index >= 15 is 0 Å². The predicted molar refractivity (Wildman–Crippen MR) is 89.8 cm³/mol. The van der Waals surface area contributed by atoms with Crippen LogP contribution in [0.2, 0.25) is 5.02 Å². The molecule has 2 heterocycles. The number of amides is 3. The summed E-state index contributed by atoms with van der Waals surface area (Å²) < 4.78 is 52.1. The topological polar surface area (TPSA) is 93.2 Å². The van der Waals surface area contributed by atoms with E-state index in [4.69, 9.17) is 17.3 Å². The Morgan fingerprint density at radius 1 is 1.39 bits per heavy atom. The van der Waals surface area contributed by atoms with Crippen LogP contribution in [-0.4, -0.2) is 45.4 Å². The number of halogens is 5. The van der Waals surface area contributed by atoms with Gasteiger partial charge in [-0.05, 0) is 23.8 Å². The van der Waals surface area contributed by atoms with Crippen molar-refractivity contribution in [1.82, 2.24) is 20.0 Å². The van der Waals surface area contributed by atoms with Gasteiger partial charge in [0.15, 0.2) is 0 Å². The Morgan fingerprint density at radius 2 is 2.11 bits per heavy atom. The van der Waals surface area contributed by atoms with Crippen molar-refractivity contribution in [3.63, 3.8) is 0 Å². The quantitative estimate of drug-likeness (QED) is 0.728. The number of urea groups is 1. The van der Waals surface area contributed by atoms with Crippen molar-refractivity contribution >= 4 is 23.5 Å². The normalized spacial score (nSPS) is 18.2. The highest BCUT2D eigenvalue weighted by Gasteiger charge is 2.39. The van der Waals surface area contributed by atoms with Crippen molar-refractivity contribution in [1.29, 1.82) is 0 Å². The highest BCUT2D eigenvalue weighted by atomic mass is 35.5. The van der Waals surface area contributed by atoms with Gasteiger partial charge >= 0.3 is 12.2 Å². The van der Waals surface area contributed by atoms with Crippen molar-refractivity contribution < 1.29 is 27.2 Å². The second-order valence-corrected chi connectivity index (χ2v) is 6.59. The molecule has 1 unspecified atom stereocenters. The van der Waals surface area contributed by atoms with E-state index in [2.05, 4.69) is 10.4 Å². The van der Waals surface area contributed by atoms with E-state index in [0.717, 1.165) is 12.3 Å². The highest BCUT2D eigenvalue weighted by Crippen LogP contribution is 2.32. The van der Waals surface area contributed by atoms with E-state index in [9.17, 15) is 27.2 Å². The molecule has 1 aromatic heterocycles. The molecular weight excluding hydrogens is 406 g/mol. The zero-order valence-corrected chi connectivity index (χ0v) is 14.8. The number of carbonyl (C=O) groups is 2. The van der Waals surface area contributed by atoms with Crippen molar-refractivity contribution in [3.8, 4) is 0 Å². The minimum absolute atomic E-state index is 0.0900. The van der Waals surface area contributed by atoms with Gasteiger partial charge in [-0.25, -0.2) is 9.18 Å². The third kappa shape index (κ3) is 4.19. The van der Waals surface area contributed by atoms with Crippen LogP contribution in [-0.2, 0) is 11.3 Å². The highest BCUT2D eigenvalue weighted by molar-refractivity contribution is 6.30. The van der Waals surface area contributed by atoms with E-state index in [0.29, 0.717) is 10.2 Å². The largest absolute Gasteiger partial charge is 0.408 e. The molecule has 12 heteroatoms. The summed E-state index contributed by atoms with van der Waals surface area (Å²) in [5.41, 5.74) is 5.62. The second-order valence-electron chi connectivity index (χ2n) is 6.19. The van der Waals surface area contributed by atoms with Crippen molar-refractivity contribution in [2.45, 2.75) is 24.8 Å². The van der Waals surface area contributed by atoms with Crippen LogP contribution in [0.1, 0.15) is 17.3 Å². The molecular formula is C16H14ClF4N5O2. The molecule has 2 aromatic rings. The Labute approximate surface area is 161 Å². The van der Waals surface area contributed by atoms with Gasteiger partial charge in [-0.3, -0.25) is 9.48 Å². The van der Waals surface area contributed by atoms with Crippen LogP contribution in [0.3, 0.4) is 0 Å². The van der Waals surface area contributed by atoms with Gasteiger partial charge in [0, 0.05) is 6.20 Å². The summed E-state index contributed by atoms with van der Waals surface area (Å²) in [6, 6.07) is 2.30. The average molecular weight is 420 g/mol. The van der Waals surface area contributed by atoms with Gasteiger partial charge in [0.05, 0.1) is 17.3 Å². The molecule has 28 heavy (non-hydrogen) atoms. The number of benzene rings is 1. The van der Waals surface area contributed by atoms with Gasteiger partial charge < -0.3 is 16.0 Å². The Hall–Kier alpha value is -2.82. The number of carbonyl (C=O) groups excluding carboxylic acids is 2. The van der Waals surface area contributed by atoms with Crippen molar-refractivity contribution in [3.05, 3.63) is 52.6 Å². The number of alkyl halides is 3. The lowest BCUT2D eigenvalue weighted by Gasteiger charge is -2.26. The molecule has 0 spiro atoms. The molecule has 1 aliphatic rings. The second kappa shape index (κ2) is 7.30. The van der Waals surface area contributed by atoms with Crippen molar-refractivity contribution in [2.24, 2.45) is 5.73 Å². The van der Waals surface area contributed by atoms with E-state index in [1.165, 1.54) is 23.1 Å². The summed E-state index contributed by atoms with van der Waals surface area (Å²) in [5, 5.41) is 6.05. The Bertz CT molecular complexity index is 917. The van der Waals surface area contributed by atoms with Gasteiger partial charge in [0.2, 0.25) is 5.91 Å². The molecule has 2 atom stereocenters. The maximum Gasteiger partial charge on any atom is 0.408 e. The molecule has 0 aliphatic carbocycles. The monoisotopic (exact) mass is 419 g/mol. The molecule has 3 amide bonds. The van der Waals surface area contributed by atoms with Crippen LogP contribution in [0.25, 0.3) is 0 Å². The number of nitrogens with two attached hydrogens (primary N) is 1. The molecule has 1 saturated heterocycles. The number of rotatable bonds is 5. The molecule has 1 fully saturated rings. The SMILES string of the molecule is NC(=O)C1CN([C@@H](c2ccc(F)c(Cl)c2)c2ccn(CC(F)(F)F)n2)C(=O)N1. The lowest BCUT2D eigenvalue weighted by Crippen LogP contribution is -2.39. The summed E-state index contributed by atoms with van der Waals surface area (Å²) in [7, 11) is 0. The third-order valence-corrected chi connectivity index (χ3v) is 4.42. The van der Waals surface area contributed by atoms with Crippen LogP contribution in [0.15, 0.2) is 30.5 Å². The maximum atomic E-state index is 13.5. The number of nitrogens with one attached hydrogen (secondary N) is 1. The maximum absolute atomic E-state index is 13.5. The van der Waals surface area contributed by atoms with Crippen molar-refractivity contribution in [2.75, 3.05) is 6.54 Å². The van der Waals surface area contributed by atoms with Crippen LogP contribution < -0.4 is 11.1 Å². The predicted octanol–water partition coefficient (Wildman–Crippen LogP) is 2.21. The Morgan fingerprint density at radius 3 is 2.68 bits per heavy atom. The van der Waals surface area contributed by atoms with Gasteiger partial charge in [0.1, 0.15) is 24.4 Å². The van der Waals surface area contributed by atoms with E-state index in [1.807, 2.05) is 0 Å². The van der Waals surface area contributed by atoms with Crippen LogP contribution in [0.4, 0.5) is 22.4 Å². The molecule has 0 radical (unpaired) electrons. The summed E-state index contributed by atoms with van der Waals surface area (Å²) in [6.07, 6.45) is -3.37. The summed E-state index contributed by atoms with van der Waals surface area (Å²) in [5.74, 6) is -1.47. The molecule has 1 aliphatic heterocycles. The summed E-state index contributed by atoms with van der Waals surface area (Å²) in [4.78, 5) is 24.9. The number of primary amides is 1. The first-order valence-electron chi connectivity index (χ1n) is 7.96. The molecule has 1 aromatic carbocycles.